The maximum Gasteiger partial charge on any atom is 0.0924 e. The summed E-state index contributed by atoms with van der Waals surface area (Å²) in [5.41, 5.74) is 0.137. The highest BCUT2D eigenvalue weighted by Gasteiger charge is 2.05. The Morgan fingerprint density at radius 2 is 2.36 bits per heavy atom. The molecule has 0 aliphatic carbocycles. The van der Waals surface area contributed by atoms with Crippen LogP contribution in [0.1, 0.15) is 19.5 Å². The van der Waals surface area contributed by atoms with Crippen molar-refractivity contribution in [3.63, 3.8) is 0 Å². The first kappa shape index (κ1) is 8.01. The minimum atomic E-state index is -0.759. The SMILES string of the molecule is CC(C)(O)/C=C/c1cnc[nH]1. The van der Waals surface area contributed by atoms with Gasteiger partial charge in [-0.2, -0.15) is 0 Å². The summed E-state index contributed by atoms with van der Waals surface area (Å²) in [4.78, 5) is 6.74. The molecule has 11 heavy (non-hydrogen) atoms. The molecule has 0 saturated heterocycles. The van der Waals surface area contributed by atoms with Gasteiger partial charge in [0.25, 0.3) is 0 Å². The Bertz CT molecular complexity index is 231. The van der Waals surface area contributed by atoms with Gasteiger partial charge in [0, 0.05) is 0 Å². The summed E-state index contributed by atoms with van der Waals surface area (Å²) in [6.45, 7) is 3.44. The van der Waals surface area contributed by atoms with Crippen molar-refractivity contribution in [1.82, 2.24) is 9.97 Å². The second-order valence-electron chi connectivity index (χ2n) is 2.99. The fraction of sp³-hybridized carbons (Fsp3) is 0.375. The predicted octanol–water partition coefficient (Wildman–Crippen LogP) is 1.19. The molecule has 0 aromatic carbocycles. The van der Waals surface area contributed by atoms with Gasteiger partial charge in [0.15, 0.2) is 0 Å². The molecule has 0 aliphatic heterocycles. The smallest absolute Gasteiger partial charge is 0.0924 e. The standard InChI is InChI=1S/C8H12N2O/c1-8(2,11)4-3-7-5-9-6-10-7/h3-6,11H,1-2H3,(H,9,10)/b4-3+. The lowest BCUT2D eigenvalue weighted by Gasteiger charge is -2.09. The third-order valence-electron chi connectivity index (χ3n) is 1.19. The van der Waals surface area contributed by atoms with Crippen LogP contribution in [0.5, 0.6) is 0 Å². The Morgan fingerprint density at radius 1 is 1.64 bits per heavy atom. The number of nitrogens with one attached hydrogen (secondary N) is 1. The Balaban J connectivity index is 2.63. The van der Waals surface area contributed by atoms with Gasteiger partial charge >= 0.3 is 0 Å². The third-order valence-corrected chi connectivity index (χ3v) is 1.19. The van der Waals surface area contributed by atoms with E-state index in [2.05, 4.69) is 9.97 Å². The molecule has 0 aliphatic rings. The largest absolute Gasteiger partial charge is 0.386 e. The molecule has 0 atom stereocenters. The number of nitrogens with zero attached hydrogens (tertiary/aromatic N) is 1. The maximum absolute atomic E-state index is 9.30. The molecule has 60 valence electrons. The highest BCUT2D eigenvalue weighted by Crippen LogP contribution is 2.05. The maximum atomic E-state index is 9.30. The van der Waals surface area contributed by atoms with Gasteiger partial charge in [0.1, 0.15) is 0 Å². The second-order valence-corrected chi connectivity index (χ2v) is 2.99. The number of hydrogen-bond donors (Lipinski definition) is 2. The van der Waals surface area contributed by atoms with Gasteiger partial charge in [-0.05, 0) is 19.9 Å². The fourth-order valence-corrected chi connectivity index (χ4v) is 0.651. The normalized spacial score (nSPS) is 12.6. The van der Waals surface area contributed by atoms with E-state index in [1.165, 1.54) is 0 Å². The summed E-state index contributed by atoms with van der Waals surface area (Å²) < 4.78 is 0. The molecule has 0 fully saturated rings. The van der Waals surface area contributed by atoms with E-state index in [1.54, 1.807) is 38.5 Å². The lowest BCUT2D eigenvalue weighted by molar-refractivity contribution is 0.134. The van der Waals surface area contributed by atoms with Crippen LogP contribution >= 0.6 is 0 Å². The first-order chi connectivity index (χ1) is 5.08. The van der Waals surface area contributed by atoms with E-state index in [4.69, 9.17) is 0 Å². The van der Waals surface area contributed by atoms with E-state index in [1.807, 2.05) is 0 Å². The third kappa shape index (κ3) is 3.00. The topological polar surface area (TPSA) is 48.9 Å². The Labute approximate surface area is 65.8 Å². The van der Waals surface area contributed by atoms with Crippen molar-refractivity contribution in [1.29, 1.82) is 0 Å². The molecule has 0 bridgehead atoms. The molecule has 1 aromatic rings. The van der Waals surface area contributed by atoms with Gasteiger partial charge < -0.3 is 10.1 Å². The van der Waals surface area contributed by atoms with Crippen molar-refractivity contribution < 1.29 is 5.11 Å². The van der Waals surface area contributed by atoms with Crippen LogP contribution in [-0.2, 0) is 0 Å². The van der Waals surface area contributed by atoms with Crippen molar-refractivity contribution >= 4 is 6.08 Å². The van der Waals surface area contributed by atoms with E-state index in [-0.39, 0.29) is 0 Å². The summed E-state index contributed by atoms with van der Waals surface area (Å²) in [6.07, 6.45) is 6.81. The van der Waals surface area contributed by atoms with Crippen molar-refractivity contribution in [2.24, 2.45) is 0 Å². The number of aromatic nitrogens is 2. The predicted molar refractivity (Wildman–Crippen MR) is 43.9 cm³/mol. The Hall–Kier alpha value is -1.09. The molecule has 0 amide bonds. The van der Waals surface area contributed by atoms with Crippen molar-refractivity contribution in [3.05, 3.63) is 24.3 Å². The molecule has 0 unspecified atom stereocenters. The van der Waals surface area contributed by atoms with Gasteiger partial charge in [-0.1, -0.05) is 6.08 Å². The van der Waals surface area contributed by atoms with Gasteiger partial charge in [0.05, 0.1) is 23.8 Å². The first-order valence-corrected chi connectivity index (χ1v) is 3.48. The zero-order valence-electron chi connectivity index (χ0n) is 6.70. The Morgan fingerprint density at radius 3 is 2.82 bits per heavy atom. The number of aliphatic hydroxyl groups is 1. The van der Waals surface area contributed by atoms with Crippen molar-refractivity contribution in [3.8, 4) is 0 Å². The molecule has 0 radical (unpaired) electrons. The van der Waals surface area contributed by atoms with Crippen molar-refractivity contribution in [2.75, 3.05) is 0 Å². The molecular weight excluding hydrogens is 140 g/mol. The first-order valence-electron chi connectivity index (χ1n) is 3.48. The zero-order valence-corrected chi connectivity index (χ0v) is 6.70. The zero-order chi connectivity index (χ0) is 8.32. The summed E-state index contributed by atoms with van der Waals surface area (Å²) in [5, 5.41) is 9.30. The summed E-state index contributed by atoms with van der Waals surface area (Å²) in [5.74, 6) is 0. The number of aromatic amines is 1. The average molecular weight is 152 g/mol. The lowest BCUT2D eigenvalue weighted by atomic mass is 10.1. The second kappa shape index (κ2) is 2.88. The molecule has 1 aromatic heterocycles. The molecule has 0 saturated carbocycles. The van der Waals surface area contributed by atoms with Crippen LogP contribution in [0.4, 0.5) is 0 Å². The van der Waals surface area contributed by atoms with Crippen LogP contribution < -0.4 is 0 Å². The molecule has 1 rings (SSSR count). The molecule has 1 heterocycles. The molecular formula is C8H12N2O. The van der Waals surface area contributed by atoms with Crippen LogP contribution in [0.3, 0.4) is 0 Å². The monoisotopic (exact) mass is 152 g/mol. The molecule has 3 heteroatoms. The minimum Gasteiger partial charge on any atom is -0.386 e. The van der Waals surface area contributed by atoms with Crippen molar-refractivity contribution in [2.45, 2.75) is 19.4 Å². The van der Waals surface area contributed by atoms with Gasteiger partial charge in [-0.15, -0.1) is 0 Å². The fourth-order valence-electron chi connectivity index (χ4n) is 0.651. The van der Waals surface area contributed by atoms with E-state index < -0.39 is 5.60 Å². The highest BCUT2D eigenvalue weighted by atomic mass is 16.3. The van der Waals surface area contributed by atoms with E-state index in [0.717, 1.165) is 5.69 Å². The van der Waals surface area contributed by atoms with E-state index >= 15 is 0 Å². The van der Waals surface area contributed by atoms with Crippen LogP contribution in [-0.4, -0.2) is 20.7 Å². The average Bonchev–Trinajstić information content (AvgIpc) is 2.32. The summed E-state index contributed by atoms with van der Waals surface area (Å²) >= 11 is 0. The van der Waals surface area contributed by atoms with Crippen LogP contribution in [0.25, 0.3) is 6.08 Å². The van der Waals surface area contributed by atoms with Gasteiger partial charge in [-0.3, -0.25) is 0 Å². The quantitative estimate of drug-likeness (QED) is 0.668. The van der Waals surface area contributed by atoms with Crippen LogP contribution in [0.15, 0.2) is 18.6 Å². The van der Waals surface area contributed by atoms with Gasteiger partial charge in [0.2, 0.25) is 0 Å². The minimum absolute atomic E-state index is 0.759. The molecule has 3 nitrogen and oxygen atoms in total. The van der Waals surface area contributed by atoms with Crippen LogP contribution in [0.2, 0.25) is 0 Å². The number of hydrogen-bond acceptors (Lipinski definition) is 2. The number of H-pyrrole nitrogens is 1. The summed E-state index contributed by atoms with van der Waals surface area (Å²) in [6, 6.07) is 0. The van der Waals surface area contributed by atoms with Gasteiger partial charge in [-0.25, -0.2) is 4.98 Å². The highest BCUT2D eigenvalue weighted by molar-refractivity contribution is 5.44. The molecule has 0 spiro atoms. The lowest BCUT2D eigenvalue weighted by Crippen LogP contribution is -2.13. The molecule has 2 N–H and O–H groups in total. The van der Waals surface area contributed by atoms with E-state index in [0.29, 0.717) is 0 Å². The Kier molecular flexibility index (Phi) is 2.10. The van der Waals surface area contributed by atoms with E-state index in [9.17, 15) is 5.11 Å². The summed E-state index contributed by atoms with van der Waals surface area (Å²) in [7, 11) is 0. The number of rotatable bonds is 2. The number of imidazole rings is 1. The van der Waals surface area contributed by atoms with Crippen LogP contribution in [0, 0.1) is 0 Å².